The van der Waals surface area contributed by atoms with Crippen LogP contribution in [0.15, 0.2) is 52.2 Å². The molecule has 1 saturated heterocycles. The minimum Gasteiger partial charge on any atom is -0.396 e. The van der Waals surface area contributed by atoms with Gasteiger partial charge in [0, 0.05) is 37.3 Å². The molecule has 0 bridgehead atoms. The maximum atomic E-state index is 13.8. The minimum absolute atomic E-state index is 0.0524. The third-order valence-corrected chi connectivity index (χ3v) is 5.64. The lowest BCUT2D eigenvalue weighted by Gasteiger charge is -2.26. The van der Waals surface area contributed by atoms with Crippen molar-refractivity contribution in [2.75, 3.05) is 29.6 Å². The normalized spacial score (nSPS) is 18.8. The van der Waals surface area contributed by atoms with E-state index in [4.69, 9.17) is 5.10 Å². The molecule has 0 unspecified atom stereocenters. The number of halogens is 1. The predicted octanol–water partition coefficient (Wildman–Crippen LogP) is 2.01. The second kappa shape index (κ2) is 7.95. The van der Waals surface area contributed by atoms with Gasteiger partial charge in [0.05, 0.1) is 12.2 Å². The zero-order chi connectivity index (χ0) is 21.4. The second-order valence-corrected chi connectivity index (χ2v) is 7.63. The summed E-state index contributed by atoms with van der Waals surface area (Å²) in [6.45, 7) is 1.20. The van der Waals surface area contributed by atoms with Gasteiger partial charge < -0.3 is 19.9 Å². The number of aromatic amines is 1. The van der Waals surface area contributed by atoms with Gasteiger partial charge in [-0.15, -0.1) is 5.10 Å². The number of aliphatic imine (C=N–C) groups is 1. The van der Waals surface area contributed by atoms with E-state index in [0.29, 0.717) is 30.1 Å². The molecule has 1 fully saturated rings. The van der Waals surface area contributed by atoms with Gasteiger partial charge in [0.15, 0.2) is 11.5 Å². The van der Waals surface area contributed by atoms with E-state index < -0.39 is 5.82 Å². The molecule has 0 amide bonds. The predicted molar refractivity (Wildman–Crippen MR) is 115 cm³/mol. The van der Waals surface area contributed by atoms with Crippen molar-refractivity contribution in [1.82, 2.24) is 19.6 Å². The zero-order valence-electron chi connectivity index (χ0n) is 16.8. The standard InChI is InChI=1S/C21H22FN7O2/c22-15-8-16(21(31)25-10-15)17-2-1-6-28(17)19-4-3-18-24-11-20(29(18)26-19)27-12-14(5-7-30)9-23-13-27/h3-4,8-12,17,30H,1-2,5-7,13H2,(H,25,31)/t17-/m1/s1. The lowest BCUT2D eigenvalue weighted by atomic mass is 10.1. The summed E-state index contributed by atoms with van der Waals surface area (Å²) in [7, 11) is 0. The minimum atomic E-state index is -0.460. The Morgan fingerprint density at radius 3 is 3.10 bits per heavy atom. The van der Waals surface area contributed by atoms with Crippen molar-refractivity contribution in [3.8, 4) is 0 Å². The molecule has 3 aromatic rings. The van der Waals surface area contributed by atoms with Crippen molar-refractivity contribution in [2.24, 2.45) is 4.99 Å². The lowest BCUT2D eigenvalue weighted by molar-refractivity contribution is 0.301. The Morgan fingerprint density at radius 1 is 1.32 bits per heavy atom. The summed E-state index contributed by atoms with van der Waals surface area (Å²) in [6.07, 6.45) is 8.66. The molecule has 160 valence electrons. The third kappa shape index (κ3) is 3.59. The number of nitrogens with one attached hydrogen (secondary N) is 1. The van der Waals surface area contributed by atoms with Crippen LogP contribution in [0.2, 0.25) is 0 Å². The van der Waals surface area contributed by atoms with Crippen molar-refractivity contribution >= 4 is 23.5 Å². The fourth-order valence-corrected chi connectivity index (χ4v) is 4.20. The fraction of sp³-hybridized carbons (Fsp3) is 0.333. The van der Waals surface area contributed by atoms with Crippen LogP contribution in [0.25, 0.3) is 5.65 Å². The van der Waals surface area contributed by atoms with Gasteiger partial charge in [-0.2, -0.15) is 4.52 Å². The molecule has 0 aliphatic carbocycles. The number of nitrogens with zero attached hydrogens (tertiary/aromatic N) is 6. The Labute approximate surface area is 177 Å². The zero-order valence-corrected chi connectivity index (χ0v) is 16.8. The number of aromatic nitrogens is 4. The quantitative estimate of drug-likeness (QED) is 0.651. The Morgan fingerprint density at radius 2 is 2.23 bits per heavy atom. The lowest BCUT2D eigenvalue weighted by Crippen LogP contribution is -2.29. The number of aliphatic hydroxyl groups excluding tert-OH is 1. The molecule has 5 rings (SSSR count). The molecule has 2 aliphatic heterocycles. The number of aliphatic hydroxyl groups is 1. The molecular formula is C21H22FN7O2. The summed E-state index contributed by atoms with van der Waals surface area (Å²) in [5, 5.41) is 14.0. The molecule has 10 heteroatoms. The van der Waals surface area contributed by atoms with Crippen LogP contribution >= 0.6 is 0 Å². The van der Waals surface area contributed by atoms with Crippen molar-refractivity contribution in [3.63, 3.8) is 0 Å². The van der Waals surface area contributed by atoms with Gasteiger partial charge in [0.25, 0.3) is 5.56 Å². The Kier molecular flexibility index (Phi) is 4.99. The van der Waals surface area contributed by atoms with E-state index in [1.807, 2.05) is 28.1 Å². The molecule has 2 aliphatic rings. The molecule has 9 nitrogen and oxygen atoms in total. The number of pyridine rings is 1. The van der Waals surface area contributed by atoms with E-state index in [0.717, 1.165) is 37.0 Å². The number of hydrogen-bond donors (Lipinski definition) is 2. The van der Waals surface area contributed by atoms with Crippen molar-refractivity contribution in [2.45, 2.75) is 25.3 Å². The number of rotatable bonds is 5. The van der Waals surface area contributed by atoms with Crippen LogP contribution < -0.4 is 15.4 Å². The van der Waals surface area contributed by atoms with Gasteiger partial charge in [0.2, 0.25) is 0 Å². The van der Waals surface area contributed by atoms with E-state index in [2.05, 4.69) is 15.0 Å². The molecule has 0 spiro atoms. The van der Waals surface area contributed by atoms with Crippen LogP contribution in [0.4, 0.5) is 16.0 Å². The van der Waals surface area contributed by atoms with Gasteiger partial charge in [0.1, 0.15) is 18.3 Å². The monoisotopic (exact) mass is 423 g/mol. The highest BCUT2D eigenvalue weighted by atomic mass is 19.1. The topological polar surface area (TPSA) is 102 Å². The van der Waals surface area contributed by atoms with Crippen LogP contribution in [0, 0.1) is 5.82 Å². The van der Waals surface area contributed by atoms with E-state index in [-0.39, 0.29) is 18.2 Å². The fourth-order valence-electron chi connectivity index (χ4n) is 4.20. The summed E-state index contributed by atoms with van der Waals surface area (Å²) in [6, 6.07) is 4.82. The molecule has 0 aromatic carbocycles. The molecule has 3 aromatic heterocycles. The number of imidazole rings is 1. The van der Waals surface area contributed by atoms with Gasteiger partial charge >= 0.3 is 0 Å². The van der Waals surface area contributed by atoms with Crippen molar-refractivity contribution < 1.29 is 9.50 Å². The first-order valence-electron chi connectivity index (χ1n) is 10.2. The number of hydrogen-bond acceptors (Lipinski definition) is 7. The molecule has 0 saturated carbocycles. The van der Waals surface area contributed by atoms with Gasteiger partial charge in [-0.25, -0.2) is 9.37 Å². The van der Waals surface area contributed by atoms with Crippen LogP contribution in [-0.2, 0) is 0 Å². The van der Waals surface area contributed by atoms with Crippen LogP contribution in [0.1, 0.15) is 30.9 Å². The van der Waals surface area contributed by atoms with E-state index >= 15 is 0 Å². The smallest absolute Gasteiger partial charge is 0.253 e. The van der Waals surface area contributed by atoms with Crippen LogP contribution in [-0.4, -0.2) is 50.7 Å². The van der Waals surface area contributed by atoms with E-state index in [9.17, 15) is 14.3 Å². The van der Waals surface area contributed by atoms with Crippen LogP contribution in [0.3, 0.4) is 0 Å². The molecule has 1 atom stereocenters. The highest BCUT2D eigenvalue weighted by molar-refractivity contribution is 5.81. The summed E-state index contributed by atoms with van der Waals surface area (Å²) in [5.74, 6) is 0.986. The number of fused-ring (bicyclic) bond motifs is 1. The first kappa shape index (κ1) is 19.4. The largest absolute Gasteiger partial charge is 0.396 e. The molecule has 2 N–H and O–H groups in total. The Balaban J connectivity index is 1.51. The van der Waals surface area contributed by atoms with Gasteiger partial charge in [-0.3, -0.25) is 9.79 Å². The highest BCUT2D eigenvalue weighted by Crippen LogP contribution is 2.34. The molecule has 0 radical (unpaired) electrons. The maximum absolute atomic E-state index is 13.8. The summed E-state index contributed by atoms with van der Waals surface area (Å²) < 4.78 is 15.5. The number of H-pyrrole nitrogens is 1. The Bertz CT molecular complexity index is 1230. The van der Waals surface area contributed by atoms with Crippen molar-refractivity contribution in [3.05, 3.63) is 64.1 Å². The second-order valence-electron chi connectivity index (χ2n) is 7.63. The van der Waals surface area contributed by atoms with E-state index in [1.54, 1.807) is 16.9 Å². The summed E-state index contributed by atoms with van der Waals surface area (Å²) in [5.41, 5.74) is 1.73. The summed E-state index contributed by atoms with van der Waals surface area (Å²) in [4.78, 5) is 27.6. The number of anilines is 2. The van der Waals surface area contributed by atoms with Crippen molar-refractivity contribution in [1.29, 1.82) is 0 Å². The SMILES string of the molecule is O=c1[nH]cc(F)cc1[C@H]1CCCN1c1ccc2ncc(N3C=C(CCO)C=NC3)n2n1. The first-order chi connectivity index (χ1) is 15.1. The average Bonchev–Trinajstić information content (AvgIpc) is 3.42. The molecular weight excluding hydrogens is 401 g/mol. The van der Waals surface area contributed by atoms with Gasteiger partial charge in [-0.1, -0.05) is 0 Å². The summed E-state index contributed by atoms with van der Waals surface area (Å²) >= 11 is 0. The maximum Gasteiger partial charge on any atom is 0.253 e. The Hall–Kier alpha value is -3.53. The molecule has 5 heterocycles. The molecule has 31 heavy (non-hydrogen) atoms. The highest BCUT2D eigenvalue weighted by Gasteiger charge is 2.30. The average molecular weight is 423 g/mol. The third-order valence-electron chi connectivity index (χ3n) is 5.64. The van der Waals surface area contributed by atoms with Crippen LogP contribution in [0.5, 0.6) is 0 Å². The van der Waals surface area contributed by atoms with Gasteiger partial charge in [-0.05, 0) is 43.0 Å². The van der Waals surface area contributed by atoms with E-state index in [1.165, 1.54) is 6.07 Å². The first-order valence-corrected chi connectivity index (χ1v) is 10.2.